The highest BCUT2D eigenvalue weighted by molar-refractivity contribution is 14.1. The van der Waals surface area contributed by atoms with Gasteiger partial charge in [-0.3, -0.25) is 9.36 Å². The van der Waals surface area contributed by atoms with Gasteiger partial charge in [-0.15, -0.1) is 0 Å². The molecule has 0 spiro atoms. The molecule has 0 amide bonds. The van der Waals surface area contributed by atoms with Crippen molar-refractivity contribution in [2.75, 3.05) is 13.7 Å². The van der Waals surface area contributed by atoms with Crippen LogP contribution in [-0.4, -0.2) is 24.3 Å². The van der Waals surface area contributed by atoms with Crippen molar-refractivity contribution in [2.45, 2.75) is 26.5 Å². The first-order valence-corrected chi connectivity index (χ1v) is 14.6. The van der Waals surface area contributed by atoms with E-state index in [4.69, 9.17) is 14.2 Å². The number of allylic oxidation sites excluding steroid dienone is 1. The second-order valence-corrected chi connectivity index (χ2v) is 11.3. The molecule has 0 fully saturated rings. The van der Waals surface area contributed by atoms with Crippen molar-refractivity contribution in [3.05, 3.63) is 124 Å². The fourth-order valence-corrected chi connectivity index (χ4v) is 5.99. The Bertz CT molecular complexity index is 1760. The van der Waals surface area contributed by atoms with Crippen LogP contribution in [0, 0.1) is 3.57 Å². The molecular weight excluding hydrogens is 639 g/mol. The number of methoxy groups -OCH3 is 1. The number of carbonyl (C=O) groups excluding carboxylic acids is 1. The van der Waals surface area contributed by atoms with E-state index in [0.29, 0.717) is 33.0 Å². The molecule has 3 aromatic carbocycles. The van der Waals surface area contributed by atoms with E-state index in [9.17, 15) is 9.59 Å². The smallest absolute Gasteiger partial charge is 0.338 e. The molecule has 0 N–H and O–H groups in total. The van der Waals surface area contributed by atoms with Crippen molar-refractivity contribution in [3.8, 4) is 11.5 Å². The van der Waals surface area contributed by atoms with Gasteiger partial charge in [0.1, 0.15) is 18.1 Å². The van der Waals surface area contributed by atoms with Gasteiger partial charge in [0.25, 0.3) is 5.56 Å². The first-order valence-electron chi connectivity index (χ1n) is 12.7. The summed E-state index contributed by atoms with van der Waals surface area (Å²) in [6.07, 6.45) is 1.84. The zero-order chi connectivity index (χ0) is 28.2. The number of fused-ring (bicyclic) bond motifs is 1. The number of nitrogens with zero attached hydrogens (tertiary/aromatic N) is 2. The lowest BCUT2D eigenvalue weighted by molar-refractivity contribution is -0.139. The highest BCUT2D eigenvalue weighted by atomic mass is 127. The van der Waals surface area contributed by atoms with Crippen LogP contribution in [0.15, 0.2) is 93.9 Å². The largest absolute Gasteiger partial charge is 0.496 e. The number of ether oxygens (including phenoxy) is 3. The van der Waals surface area contributed by atoms with Crippen LogP contribution >= 0.6 is 33.9 Å². The first kappa shape index (κ1) is 27.9. The van der Waals surface area contributed by atoms with Crippen molar-refractivity contribution in [2.24, 2.45) is 4.99 Å². The van der Waals surface area contributed by atoms with Crippen LogP contribution in [0.5, 0.6) is 11.5 Å². The molecule has 0 aliphatic carbocycles. The fourth-order valence-electron chi connectivity index (χ4n) is 4.59. The zero-order valence-corrected chi connectivity index (χ0v) is 25.2. The summed E-state index contributed by atoms with van der Waals surface area (Å²) in [5, 5.41) is 0. The van der Waals surface area contributed by atoms with E-state index in [1.807, 2.05) is 78.9 Å². The van der Waals surface area contributed by atoms with Crippen molar-refractivity contribution in [1.82, 2.24) is 4.57 Å². The van der Waals surface area contributed by atoms with E-state index < -0.39 is 12.0 Å². The number of halogens is 1. The number of carbonyl (C=O) groups is 1. The van der Waals surface area contributed by atoms with Gasteiger partial charge in [0, 0.05) is 9.13 Å². The SMILES string of the molecule is CCOC(=O)C1=C(C)N=c2s/c(=C\c3ccc(OC)c(COc4ccc(I)cc4)c3)c(=O)n2[C@H]1c1ccccc1. The number of rotatable bonds is 8. The zero-order valence-electron chi connectivity index (χ0n) is 22.2. The van der Waals surface area contributed by atoms with E-state index in [-0.39, 0.29) is 12.2 Å². The number of esters is 1. The third kappa shape index (κ3) is 5.75. The van der Waals surface area contributed by atoms with E-state index in [0.717, 1.165) is 26.0 Å². The Labute approximate surface area is 249 Å². The lowest BCUT2D eigenvalue weighted by Crippen LogP contribution is -2.39. The monoisotopic (exact) mass is 666 g/mol. The Hall–Kier alpha value is -3.70. The predicted octanol–water partition coefficient (Wildman–Crippen LogP) is 4.99. The normalized spacial score (nSPS) is 14.9. The van der Waals surface area contributed by atoms with E-state index >= 15 is 0 Å². The summed E-state index contributed by atoms with van der Waals surface area (Å²) in [5.74, 6) is 0.984. The Morgan fingerprint density at radius 1 is 1.10 bits per heavy atom. The van der Waals surface area contributed by atoms with Crippen LogP contribution in [0.3, 0.4) is 0 Å². The molecule has 1 aliphatic rings. The topological polar surface area (TPSA) is 79.1 Å². The number of aromatic nitrogens is 1. The second-order valence-electron chi connectivity index (χ2n) is 9.03. The molecular formula is C31H27IN2O5S. The van der Waals surface area contributed by atoms with Crippen molar-refractivity contribution in [1.29, 1.82) is 0 Å². The number of hydrogen-bond donors (Lipinski definition) is 0. The lowest BCUT2D eigenvalue weighted by Gasteiger charge is -2.24. The van der Waals surface area contributed by atoms with Gasteiger partial charge in [-0.1, -0.05) is 47.7 Å². The van der Waals surface area contributed by atoms with Crippen LogP contribution < -0.4 is 24.4 Å². The van der Waals surface area contributed by atoms with Crippen LogP contribution in [0.1, 0.15) is 36.6 Å². The minimum atomic E-state index is -0.632. The molecule has 0 saturated heterocycles. The Morgan fingerprint density at radius 3 is 2.55 bits per heavy atom. The van der Waals surface area contributed by atoms with Crippen molar-refractivity contribution in [3.63, 3.8) is 0 Å². The summed E-state index contributed by atoms with van der Waals surface area (Å²) in [6.45, 7) is 4.08. The average Bonchev–Trinajstić information content (AvgIpc) is 3.26. The van der Waals surface area contributed by atoms with Gasteiger partial charge in [-0.2, -0.15) is 0 Å². The molecule has 4 aromatic rings. The Balaban J connectivity index is 1.56. The molecule has 9 heteroatoms. The summed E-state index contributed by atoms with van der Waals surface area (Å²) in [6, 6.07) is 22.4. The summed E-state index contributed by atoms with van der Waals surface area (Å²) in [4.78, 5) is 32.0. The van der Waals surface area contributed by atoms with Crippen LogP contribution in [-0.2, 0) is 16.1 Å². The molecule has 7 nitrogen and oxygen atoms in total. The minimum absolute atomic E-state index is 0.223. The molecule has 0 unspecified atom stereocenters. The molecule has 40 heavy (non-hydrogen) atoms. The minimum Gasteiger partial charge on any atom is -0.496 e. The lowest BCUT2D eigenvalue weighted by atomic mass is 9.96. The molecule has 1 aromatic heterocycles. The standard InChI is InChI=1S/C31H27IN2O5S/c1-4-38-30(36)27-19(2)33-31-34(28(27)21-8-6-5-7-9-21)29(35)26(40-31)17-20-10-15-25(37-3)22(16-20)18-39-24-13-11-23(32)12-14-24/h5-17,28H,4,18H2,1-3H3/b26-17-/t28-/m0/s1. The predicted molar refractivity (Wildman–Crippen MR) is 163 cm³/mol. The third-order valence-electron chi connectivity index (χ3n) is 6.44. The van der Waals surface area contributed by atoms with Gasteiger partial charge >= 0.3 is 5.97 Å². The van der Waals surface area contributed by atoms with Gasteiger partial charge in [-0.25, -0.2) is 9.79 Å². The molecule has 1 aliphatic heterocycles. The van der Waals surface area contributed by atoms with Gasteiger partial charge in [-0.05, 0) is 90.0 Å². The van der Waals surface area contributed by atoms with E-state index in [1.54, 1.807) is 25.5 Å². The molecule has 5 rings (SSSR count). The van der Waals surface area contributed by atoms with Gasteiger partial charge in [0.2, 0.25) is 0 Å². The molecule has 1 atom stereocenters. The maximum Gasteiger partial charge on any atom is 0.338 e. The molecule has 204 valence electrons. The molecule has 2 heterocycles. The highest BCUT2D eigenvalue weighted by Gasteiger charge is 2.33. The number of hydrogen-bond acceptors (Lipinski definition) is 7. The van der Waals surface area contributed by atoms with Crippen molar-refractivity contribution < 1.29 is 19.0 Å². The quantitative estimate of drug-likeness (QED) is 0.196. The maximum atomic E-state index is 13.8. The van der Waals surface area contributed by atoms with Crippen LogP contribution in [0.4, 0.5) is 0 Å². The second kappa shape index (κ2) is 12.2. The summed E-state index contributed by atoms with van der Waals surface area (Å²) in [7, 11) is 1.62. The fraction of sp³-hybridized carbons (Fsp3) is 0.194. The average molecular weight is 667 g/mol. The van der Waals surface area contributed by atoms with Crippen LogP contribution in [0.2, 0.25) is 0 Å². The summed E-state index contributed by atoms with van der Waals surface area (Å²) < 4.78 is 20.1. The third-order valence-corrected chi connectivity index (χ3v) is 8.14. The Kier molecular flexibility index (Phi) is 8.51. The first-order chi connectivity index (χ1) is 19.4. The van der Waals surface area contributed by atoms with Gasteiger partial charge in [0.15, 0.2) is 4.80 Å². The Morgan fingerprint density at radius 2 is 1.85 bits per heavy atom. The summed E-state index contributed by atoms with van der Waals surface area (Å²) >= 11 is 3.55. The van der Waals surface area contributed by atoms with E-state index in [1.165, 1.54) is 11.3 Å². The van der Waals surface area contributed by atoms with Crippen molar-refractivity contribution >= 4 is 46.0 Å². The van der Waals surface area contributed by atoms with Crippen LogP contribution in [0.25, 0.3) is 6.08 Å². The number of thiazole rings is 1. The van der Waals surface area contributed by atoms with Gasteiger partial charge in [0.05, 0.1) is 35.6 Å². The summed E-state index contributed by atoms with van der Waals surface area (Å²) in [5.41, 5.74) is 3.17. The van der Waals surface area contributed by atoms with E-state index in [2.05, 4.69) is 27.6 Å². The molecule has 0 saturated carbocycles. The van der Waals surface area contributed by atoms with Gasteiger partial charge < -0.3 is 14.2 Å². The number of benzene rings is 3. The maximum absolute atomic E-state index is 13.8. The highest BCUT2D eigenvalue weighted by Crippen LogP contribution is 2.30. The molecule has 0 bridgehead atoms. The molecule has 0 radical (unpaired) electrons.